The maximum atomic E-state index is 10.7. The molecule has 0 heterocycles. The Hall–Kier alpha value is -1.22. The fourth-order valence-electron chi connectivity index (χ4n) is 1.38. The fraction of sp³-hybridized carbons (Fsp3) is 0.364. The first-order valence-electron chi connectivity index (χ1n) is 4.57. The molecule has 0 spiro atoms. The molecule has 0 aliphatic carbocycles. The van der Waals surface area contributed by atoms with Gasteiger partial charge in [-0.25, -0.2) is 0 Å². The summed E-state index contributed by atoms with van der Waals surface area (Å²) in [5, 5.41) is -0.347. The summed E-state index contributed by atoms with van der Waals surface area (Å²) in [6.45, 7) is 0. The smallest absolute Gasteiger partial charge is 0.221 e. The van der Waals surface area contributed by atoms with Crippen LogP contribution < -0.4 is 9.47 Å². The van der Waals surface area contributed by atoms with E-state index in [1.807, 2.05) is 18.2 Å². The summed E-state index contributed by atoms with van der Waals surface area (Å²) in [5.41, 5.74) is 0.922. The SMILES string of the molecule is COc1cccc(CCC(=O)Cl)c1OC. The number of rotatable bonds is 5. The first kappa shape index (κ1) is 11.9. The highest BCUT2D eigenvalue weighted by molar-refractivity contribution is 6.63. The van der Waals surface area contributed by atoms with Crippen molar-refractivity contribution >= 4 is 16.8 Å². The number of benzene rings is 1. The molecule has 0 aromatic heterocycles. The van der Waals surface area contributed by atoms with Gasteiger partial charge < -0.3 is 9.47 Å². The maximum absolute atomic E-state index is 10.7. The molecular weight excluding hydrogens is 216 g/mol. The van der Waals surface area contributed by atoms with Crippen LogP contribution in [0.5, 0.6) is 11.5 Å². The summed E-state index contributed by atoms with van der Waals surface area (Å²) < 4.78 is 10.4. The number of carbonyl (C=O) groups excluding carboxylic acids is 1. The van der Waals surface area contributed by atoms with Gasteiger partial charge in [0, 0.05) is 6.42 Å². The highest BCUT2D eigenvalue weighted by Gasteiger charge is 2.09. The lowest BCUT2D eigenvalue weighted by Crippen LogP contribution is -1.98. The fourth-order valence-corrected chi connectivity index (χ4v) is 1.48. The third kappa shape index (κ3) is 3.13. The van der Waals surface area contributed by atoms with Gasteiger partial charge in [-0.1, -0.05) is 12.1 Å². The van der Waals surface area contributed by atoms with Crippen LogP contribution in [0.15, 0.2) is 18.2 Å². The Morgan fingerprint density at radius 2 is 2.07 bits per heavy atom. The van der Waals surface area contributed by atoms with E-state index in [1.54, 1.807) is 14.2 Å². The van der Waals surface area contributed by atoms with E-state index in [-0.39, 0.29) is 5.24 Å². The summed E-state index contributed by atoms with van der Waals surface area (Å²) in [5.74, 6) is 1.33. The highest BCUT2D eigenvalue weighted by atomic mass is 35.5. The molecule has 0 fully saturated rings. The normalized spacial score (nSPS) is 9.80. The van der Waals surface area contributed by atoms with Crippen LogP contribution in [0, 0.1) is 0 Å². The van der Waals surface area contributed by atoms with E-state index in [0.29, 0.717) is 24.3 Å². The largest absolute Gasteiger partial charge is 0.493 e. The molecule has 0 N–H and O–H groups in total. The predicted molar refractivity (Wildman–Crippen MR) is 58.7 cm³/mol. The van der Waals surface area contributed by atoms with Crippen molar-refractivity contribution in [3.63, 3.8) is 0 Å². The Morgan fingerprint density at radius 3 is 2.60 bits per heavy atom. The van der Waals surface area contributed by atoms with Gasteiger partial charge in [0.15, 0.2) is 11.5 Å². The van der Waals surface area contributed by atoms with Crippen LogP contribution in [0.25, 0.3) is 0 Å². The molecule has 0 unspecified atom stereocenters. The highest BCUT2D eigenvalue weighted by Crippen LogP contribution is 2.31. The zero-order valence-electron chi connectivity index (χ0n) is 8.75. The number of hydrogen-bond acceptors (Lipinski definition) is 3. The molecule has 0 amide bonds. The van der Waals surface area contributed by atoms with Gasteiger partial charge in [-0.05, 0) is 29.7 Å². The average molecular weight is 229 g/mol. The molecule has 15 heavy (non-hydrogen) atoms. The lowest BCUT2D eigenvalue weighted by molar-refractivity contribution is -0.111. The summed E-state index contributed by atoms with van der Waals surface area (Å²) in [6.07, 6.45) is 0.855. The molecule has 0 aliphatic rings. The van der Waals surface area contributed by atoms with E-state index in [9.17, 15) is 4.79 Å². The van der Waals surface area contributed by atoms with E-state index >= 15 is 0 Å². The molecule has 0 saturated heterocycles. The molecule has 0 bridgehead atoms. The minimum atomic E-state index is -0.347. The van der Waals surface area contributed by atoms with Gasteiger partial charge in [0.1, 0.15) is 0 Å². The van der Waals surface area contributed by atoms with Crippen molar-refractivity contribution in [1.29, 1.82) is 0 Å². The van der Waals surface area contributed by atoms with Gasteiger partial charge in [0.05, 0.1) is 14.2 Å². The Morgan fingerprint density at radius 1 is 1.33 bits per heavy atom. The first-order chi connectivity index (χ1) is 7.19. The standard InChI is InChI=1S/C11H13ClO3/c1-14-9-5-3-4-8(11(9)15-2)6-7-10(12)13/h3-5H,6-7H2,1-2H3. The minimum absolute atomic E-state index is 0.297. The first-order valence-corrected chi connectivity index (χ1v) is 4.95. The molecular formula is C11H13ClO3. The van der Waals surface area contributed by atoms with E-state index in [2.05, 4.69) is 0 Å². The van der Waals surface area contributed by atoms with Crippen molar-refractivity contribution in [1.82, 2.24) is 0 Å². The molecule has 1 aromatic carbocycles. The van der Waals surface area contributed by atoms with Gasteiger partial charge in [-0.3, -0.25) is 4.79 Å². The second-order valence-electron chi connectivity index (χ2n) is 3.01. The number of aryl methyl sites for hydroxylation is 1. The molecule has 0 aliphatic heterocycles. The van der Waals surface area contributed by atoms with Crippen LogP contribution in [0.2, 0.25) is 0 Å². The van der Waals surface area contributed by atoms with E-state index in [0.717, 1.165) is 5.56 Å². The predicted octanol–water partition coefficient (Wildman–Crippen LogP) is 2.40. The minimum Gasteiger partial charge on any atom is -0.493 e. The van der Waals surface area contributed by atoms with Crippen molar-refractivity contribution in [2.45, 2.75) is 12.8 Å². The van der Waals surface area contributed by atoms with Crippen molar-refractivity contribution in [2.24, 2.45) is 0 Å². The average Bonchev–Trinajstić information content (AvgIpc) is 2.25. The number of hydrogen-bond donors (Lipinski definition) is 0. The second kappa shape index (κ2) is 5.61. The van der Waals surface area contributed by atoms with Gasteiger partial charge in [0.2, 0.25) is 5.24 Å². The monoisotopic (exact) mass is 228 g/mol. The molecule has 82 valence electrons. The topological polar surface area (TPSA) is 35.5 Å². The van der Waals surface area contributed by atoms with Crippen LogP contribution in [0.4, 0.5) is 0 Å². The third-order valence-corrected chi connectivity index (χ3v) is 2.26. The van der Waals surface area contributed by atoms with Gasteiger partial charge in [-0.2, -0.15) is 0 Å². The number of ether oxygens (including phenoxy) is 2. The Bertz CT molecular complexity index is 350. The van der Waals surface area contributed by atoms with Crippen LogP contribution in [0.3, 0.4) is 0 Å². The molecule has 0 saturated carbocycles. The Labute approximate surface area is 93.9 Å². The number of para-hydroxylation sites is 1. The third-order valence-electron chi connectivity index (χ3n) is 2.08. The van der Waals surface area contributed by atoms with Gasteiger partial charge in [-0.15, -0.1) is 0 Å². The van der Waals surface area contributed by atoms with Crippen LogP contribution >= 0.6 is 11.6 Å². The Kier molecular flexibility index (Phi) is 4.43. The summed E-state index contributed by atoms with van der Waals surface area (Å²) in [6, 6.07) is 5.56. The molecule has 0 radical (unpaired) electrons. The van der Waals surface area contributed by atoms with Crippen LogP contribution in [-0.2, 0) is 11.2 Å². The van der Waals surface area contributed by atoms with Crippen molar-refractivity contribution < 1.29 is 14.3 Å². The summed E-state index contributed by atoms with van der Waals surface area (Å²) >= 11 is 5.29. The van der Waals surface area contributed by atoms with Crippen molar-refractivity contribution in [2.75, 3.05) is 14.2 Å². The van der Waals surface area contributed by atoms with Crippen molar-refractivity contribution in [3.05, 3.63) is 23.8 Å². The quantitative estimate of drug-likeness (QED) is 0.726. The second-order valence-corrected chi connectivity index (χ2v) is 3.43. The number of methoxy groups -OCH3 is 2. The van der Waals surface area contributed by atoms with E-state index < -0.39 is 0 Å². The van der Waals surface area contributed by atoms with Crippen LogP contribution in [-0.4, -0.2) is 19.5 Å². The molecule has 1 rings (SSSR count). The molecule has 0 atom stereocenters. The van der Waals surface area contributed by atoms with E-state index in [4.69, 9.17) is 21.1 Å². The summed E-state index contributed by atoms with van der Waals surface area (Å²) in [4.78, 5) is 10.7. The van der Waals surface area contributed by atoms with E-state index in [1.165, 1.54) is 0 Å². The lowest BCUT2D eigenvalue weighted by atomic mass is 10.1. The van der Waals surface area contributed by atoms with Gasteiger partial charge in [0.25, 0.3) is 0 Å². The lowest BCUT2D eigenvalue weighted by Gasteiger charge is -2.11. The zero-order valence-corrected chi connectivity index (χ0v) is 9.50. The molecule has 4 heteroatoms. The Balaban J connectivity index is 2.90. The van der Waals surface area contributed by atoms with Gasteiger partial charge >= 0.3 is 0 Å². The maximum Gasteiger partial charge on any atom is 0.221 e. The zero-order chi connectivity index (χ0) is 11.3. The number of carbonyl (C=O) groups is 1. The molecule has 3 nitrogen and oxygen atoms in total. The summed E-state index contributed by atoms with van der Waals surface area (Å²) in [7, 11) is 3.15. The number of halogens is 1. The van der Waals surface area contributed by atoms with Crippen LogP contribution in [0.1, 0.15) is 12.0 Å². The molecule has 1 aromatic rings. The van der Waals surface area contributed by atoms with Crippen molar-refractivity contribution in [3.8, 4) is 11.5 Å².